The lowest BCUT2D eigenvalue weighted by atomic mass is 10.1. The van der Waals surface area contributed by atoms with Crippen molar-refractivity contribution in [1.29, 1.82) is 0 Å². The van der Waals surface area contributed by atoms with E-state index < -0.39 is 0 Å². The van der Waals surface area contributed by atoms with Gasteiger partial charge in [-0.15, -0.1) is 0 Å². The number of hydrogen-bond donors (Lipinski definition) is 0. The minimum Gasteiger partial charge on any atom is -0.377 e. The van der Waals surface area contributed by atoms with Gasteiger partial charge in [0.2, 0.25) is 0 Å². The van der Waals surface area contributed by atoms with Gasteiger partial charge in [0, 0.05) is 0 Å². The fourth-order valence-corrected chi connectivity index (χ4v) is 2.48. The molecule has 2 amide bonds. The molecule has 0 saturated heterocycles. The minimum atomic E-state index is -0.260. The van der Waals surface area contributed by atoms with Gasteiger partial charge in [0.25, 0.3) is 11.8 Å². The summed E-state index contributed by atoms with van der Waals surface area (Å²) in [6.45, 7) is 7.47. The van der Waals surface area contributed by atoms with Gasteiger partial charge < -0.3 is 18.9 Å². The Morgan fingerprint density at radius 1 is 0.769 bits per heavy atom. The molecule has 26 heavy (non-hydrogen) atoms. The topological polar surface area (TPSA) is 74.3 Å². The zero-order chi connectivity index (χ0) is 18.8. The molecule has 0 saturated carbocycles. The molecule has 1 aliphatic heterocycles. The first kappa shape index (κ1) is 20.5. The molecular formula is C19H27NO6. The molecule has 7 heteroatoms. The molecule has 1 heterocycles. The van der Waals surface area contributed by atoms with Crippen LogP contribution in [0.2, 0.25) is 0 Å². The van der Waals surface area contributed by atoms with Crippen LogP contribution in [0.4, 0.5) is 0 Å². The first-order valence-electron chi connectivity index (χ1n) is 8.91. The summed E-state index contributed by atoms with van der Waals surface area (Å²) in [4.78, 5) is 25.5. The first-order valence-corrected chi connectivity index (χ1v) is 8.91. The number of rotatable bonds is 13. The zero-order valence-corrected chi connectivity index (χ0v) is 15.4. The third-order valence-electron chi connectivity index (χ3n) is 3.76. The molecule has 0 unspecified atom stereocenters. The number of carbonyl (C=O) groups is 2. The van der Waals surface area contributed by atoms with Crippen molar-refractivity contribution in [2.75, 3.05) is 52.8 Å². The van der Waals surface area contributed by atoms with E-state index in [9.17, 15) is 9.59 Å². The second kappa shape index (κ2) is 11.0. The van der Waals surface area contributed by atoms with Gasteiger partial charge in [-0.3, -0.25) is 14.5 Å². The maximum Gasteiger partial charge on any atom is 0.261 e. The number of benzene rings is 1. The van der Waals surface area contributed by atoms with Crippen LogP contribution in [0.5, 0.6) is 0 Å². The standard InChI is InChI=1S/C19H27NO6/c1-15(2)26-14-13-25-12-11-24-10-9-23-8-7-20-18(21)16-5-3-4-6-17(16)19(20)22/h3-6,15H,7-14H2,1-2H3. The van der Waals surface area contributed by atoms with Crippen molar-refractivity contribution in [3.8, 4) is 0 Å². The summed E-state index contributed by atoms with van der Waals surface area (Å²) in [5.41, 5.74) is 0.916. The fraction of sp³-hybridized carbons (Fsp3) is 0.579. The predicted octanol–water partition coefficient (Wildman–Crippen LogP) is 1.76. The normalized spacial score (nSPS) is 13.7. The van der Waals surface area contributed by atoms with Crippen LogP contribution in [0, 0.1) is 0 Å². The van der Waals surface area contributed by atoms with Crippen molar-refractivity contribution in [2.45, 2.75) is 20.0 Å². The van der Waals surface area contributed by atoms with Gasteiger partial charge in [-0.05, 0) is 26.0 Å². The van der Waals surface area contributed by atoms with E-state index in [1.165, 1.54) is 4.90 Å². The predicted molar refractivity (Wildman–Crippen MR) is 95.4 cm³/mol. The van der Waals surface area contributed by atoms with Gasteiger partial charge in [0.1, 0.15) is 0 Å². The Labute approximate surface area is 154 Å². The van der Waals surface area contributed by atoms with Crippen LogP contribution >= 0.6 is 0 Å². The Balaban J connectivity index is 1.47. The Kier molecular flexibility index (Phi) is 8.70. The number of ether oxygens (including phenoxy) is 4. The highest BCUT2D eigenvalue weighted by molar-refractivity contribution is 6.21. The minimum absolute atomic E-state index is 0.215. The van der Waals surface area contributed by atoms with E-state index in [0.717, 1.165) is 0 Å². The van der Waals surface area contributed by atoms with Crippen molar-refractivity contribution < 1.29 is 28.5 Å². The molecular weight excluding hydrogens is 338 g/mol. The highest BCUT2D eigenvalue weighted by atomic mass is 16.6. The Hall–Kier alpha value is -1.80. The Bertz CT molecular complexity index is 554. The van der Waals surface area contributed by atoms with Crippen LogP contribution < -0.4 is 0 Å². The molecule has 0 spiro atoms. The first-order chi connectivity index (χ1) is 12.6. The average molecular weight is 365 g/mol. The molecule has 1 aromatic carbocycles. The van der Waals surface area contributed by atoms with E-state index >= 15 is 0 Å². The van der Waals surface area contributed by atoms with Crippen LogP contribution in [0.25, 0.3) is 0 Å². The number of fused-ring (bicyclic) bond motifs is 1. The molecule has 0 radical (unpaired) electrons. The summed E-state index contributed by atoms with van der Waals surface area (Å²) in [7, 11) is 0. The van der Waals surface area contributed by atoms with E-state index in [-0.39, 0.29) is 31.1 Å². The average Bonchev–Trinajstić information content (AvgIpc) is 2.87. The van der Waals surface area contributed by atoms with Crippen molar-refractivity contribution in [1.82, 2.24) is 4.90 Å². The highest BCUT2D eigenvalue weighted by Gasteiger charge is 2.34. The molecule has 0 N–H and O–H groups in total. The highest BCUT2D eigenvalue weighted by Crippen LogP contribution is 2.21. The molecule has 0 aliphatic carbocycles. The maximum atomic E-state index is 12.2. The lowest BCUT2D eigenvalue weighted by Gasteiger charge is -2.13. The van der Waals surface area contributed by atoms with E-state index in [1.807, 2.05) is 13.8 Å². The number of carbonyl (C=O) groups excluding carboxylic acids is 2. The SMILES string of the molecule is CC(C)OCCOCCOCCOCCN1C(=O)c2ccccc2C1=O. The van der Waals surface area contributed by atoms with Crippen LogP contribution in [0.15, 0.2) is 24.3 Å². The molecule has 1 aromatic rings. The van der Waals surface area contributed by atoms with Gasteiger partial charge in [-0.25, -0.2) is 0 Å². The number of imide groups is 1. The Morgan fingerprint density at radius 2 is 1.23 bits per heavy atom. The van der Waals surface area contributed by atoms with Crippen molar-refractivity contribution in [3.05, 3.63) is 35.4 Å². The summed E-state index contributed by atoms with van der Waals surface area (Å²) >= 11 is 0. The van der Waals surface area contributed by atoms with Crippen molar-refractivity contribution in [2.24, 2.45) is 0 Å². The zero-order valence-electron chi connectivity index (χ0n) is 15.4. The monoisotopic (exact) mass is 365 g/mol. The van der Waals surface area contributed by atoms with E-state index in [0.29, 0.717) is 50.8 Å². The summed E-state index contributed by atoms with van der Waals surface area (Å²) < 4.78 is 21.5. The van der Waals surface area contributed by atoms with E-state index in [2.05, 4.69) is 0 Å². The third kappa shape index (κ3) is 6.17. The van der Waals surface area contributed by atoms with Gasteiger partial charge in [-0.2, -0.15) is 0 Å². The number of amides is 2. The second-order valence-electron chi connectivity index (χ2n) is 6.06. The van der Waals surface area contributed by atoms with Crippen LogP contribution in [-0.2, 0) is 18.9 Å². The molecule has 0 fully saturated rings. The second-order valence-corrected chi connectivity index (χ2v) is 6.06. The largest absolute Gasteiger partial charge is 0.377 e. The third-order valence-corrected chi connectivity index (χ3v) is 3.76. The lowest BCUT2D eigenvalue weighted by molar-refractivity contribution is -0.0124. The number of hydrogen-bond acceptors (Lipinski definition) is 6. The molecule has 0 bridgehead atoms. The Morgan fingerprint density at radius 3 is 1.73 bits per heavy atom. The summed E-state index contributed by atoms with van der Waals surface area (Å²) in [5.74, 6) is -0.520. The van der Waals surface area contributed by atoms with Crippen LogP contribution in [0.3, 0.4) is 0 Å². The van der Waals surface area contributed by atoms with Crippen molar-refractivity contribution in [3.63, 3.8) is 0 Å². The fourth-order valence-electron chi connectivity index (χ4n) is 2.48. The van der Waals surface area contributed by atoms with Gasteiger partial charge >= 0.3 is 0 Å². The van der Waals surface area contributed by atoms with Crippen molar-refractivity contribution >= 4 is 11.8 Å². The molecule has 0 atom stereocenters. The van der Waals surface area contributed by atoms with Gasteiger partial charge in [-0.1, -0.05) is 12.1 Å². The van der Waals surface area contributed by atoms with Gasteiger partial charge in [0.05, 0.1) is 70.0 Å². The molecule has 1 aliphatic rings. The van der Waals surface area contributed by atoms with E-state index in [4.69, 9.17) is 18.9 Å². The summed E-state index contributed by atoms with van der Waals surface area (Å²) in [6, 6.07) is 6.84. The molecule has 0 aromatic heterocycles. The molecule has 144 valence electrons. The maximum absolute atomic E-state index is 12.2. The quantitative estimate of drug-likeness (QED) is 0.392. The summed E-state index contributed by atoms with van der Waals surface area (Å²) in [6.07, 6.45) is 0.215. The number of nitrogens with zero attached hydrogens (tertiary/aromatic N) is 1. The van der Waals surface area contributed by atoms with E-state index in [1.54, 1.807) is 24.3 Å². The summed E-state index contributed by atoms with van der Waals surface area (Å²) in [5, 5.41) is 0. The van der Waals surface area contributed by atoms with Crippen LogP contribution in [0.1, 0.15) is 34.6 Å². The van der Waals surface area contributed by atoms with Crippen LogP contribution in [-0.4, -0.2) is 75.6 Å². The molecule has 2 rings (SSSR count). The smallest absolute Gasteiger partial charge is 0.261 e. The lowest BCUT2D eigenvalue weighted by Crippen LogP contribution is -2.33. The molecule has 7 nitrogen and oxygen atoms in total. The van der Waals surface area contributed by atoms with Gasteiger partial charge in [0.15, 0.2) is 0 Å².